The summed E-state index contributed by atoms with van der Waals surface area (Å²) in [7, 11) is -3.66. The molecule has 2 aromatic carbocycles. The van der Waals surface area contributed by atoms with Crippen LogP contribution in [-0.2, 0) is 16.3 Å². The molecule has 0 atom stereocenters. The van der Waals surface area contributed by atoms with Gasteiger partial charge in [-0.15, -0.1) is 0 Å². The maximum Gasteiger partial charge on any atom is 0.280 e. The summed E-state index contributed by atoms with van der Waals surface area (Å²) in [6.45, 7) is 3.73. The van der Waals surface area contributed by atoms with Crippen LogP contribution in [0.3, 0.4) is 0 Å². The number of carbonyl (C=O) groups excluding carboxylic acids is 1. The molecule has 2 aromatic rings. The summed E-state index contributed by atoms with van der Waals surface area (Å²) in [5, 5.41) is 0. The van der Waals surface area contributed by atoms with Crippen molar-refractivity contribution >= 4 is 21.7 Å². The molecule has 0 fully saturated rings. The summed E-state index contributed by atoms with van der Waals surface area (Å²) in [5.74, 6) is -0.441. The number of nitrogens with zero attached hydrogens (tertiary/aromatic N) is 1. The van der Waals surface area contributed by atoms with Gasteiger partial charge in [0.1, 0.15) is 16.4 Å². The summed E-state index contributed by atoms with van der Waals surface area (Å²) < 4.78 is 30.3. The average Bonchev–Trinajstić information content (AvgIpc) is 2.52. The van der Waals surface area contributed by atoms with Crippen molar-refractivity contribution < 1.29 is 17.9 Å². The van der Waals surface area contributed by atoms with Crippen molar-refractivity contribution in [3.8, 4) is 11.5 Å². The second-order valence-electron chi connectivity index (χ2n) is 5.84. The first-order chi connectivity index (χ1) is 12.1. The highest BCUT2D eigenvalue weighted by molar-refractivity contribution is 7.90. The molecular formula is C18H21N3O4S. The highest BCUT2D eigenvalue weighted by Crippen LogP contribution is 2.33. The topological polar surface area (TPSA) is 125 Å². The van der Waals surface area contributed by atoms with Crippen molar-refractivity contribution in [2.24, 2.45) is 16.5 Å². The van der Waals surface area contributed by atoms with Gasteiger partial charge in [0.15, 0.2) is 15.8 Å². The van der Waals surface area contributed by atoms with Gasteiger partial charge in [-0.1, -0.05) is 19.1 Å². The zero-order valence-electron chi connectivity index (χ0n) is 14.8. The molecule has 0 aliphatic heterocycles. The first-order valence-electron chi connectivity index (χ1n) is 7.87. The third-order valence-corrected chi connectivity index (χ3v) is 4.75. The van der Waals surface area contributed by atoms with Crippen LogP contribution in [0.1, 0.15) is 28.4 Å². The monoisotopic (exact) mass is 375 g/mol. The Morgan fingerprint density at radius 3 is 2.42 bits per heavy atom. The molecule has 2 rings (SSSR count). The van der Waals surface area contributed by atoms with Gasteiger partial charge < -0.3 is 16.2 Å². The molecule has 0 unspecified atom stereocenters. The van der Waals surface area contributed by atoms with Crippen molar-refractivity contribution in [3.63, 3.8) is 0 Å². The average molecular weight is 375 g/mol. The van der Waals surface area contributed by atoms with Crippen molar-refractivity contribution in [3.05, 3.63) is 53.1 Å². The Morgan fingerprint density at radius 2 is 1.88 bits per heavy atom. The second-order valence-corrected chi connectivity index (χ2v) is 7.83. The molecule has 0 aliphatic carbocycles. The minimum atomic E-state index is -3.66. The second kappa shape index (κ2) is 7.57. The van der Waals surface area contributed by atoms with E-state index in [4.69, 9.17) is 16.2 Å². The number of sulfone groups is 1. The van der Waals surface area contributed by atoms with Crippen LogP contribution < -0.4 is 16.2 Å². The molecule has 0 heterocycles. The number of ether oxygens (including phenoxy) is 1. The summed E-state index contributed by atoms with van der Waals surface area (Å²) in [6, 6.07) is 10.0. The van der Waals surface area contributed by atoms with Crippen LogP contribution >= 0.6 is 0 Å². The highest BCUT2D eigenvalue weighted by Gasteiger charge is 2.22. The number of amides is 1. The number of aryl methyl sites for hydroxylation is 2. The zero-order valence-corrected chi connectivity index (χ0v) is 15.6. The third kappa shape index (κ3) is 4.60. The Labute approximate surface area is 152 Å². The molecule has 0 saturated carbocycles. The lowest BCUT2D eigenvalue weighted by molar-refractivity contribution is 0.100. The predicted octanol–water partition coefficient (Wildman–Crippen LogP) is 2.17. The number of hydrogen-bond acceptors (Lipinski definition) is 4. The standard InChI is InChI=1S/C18H21N3O4S/c1-4-12-9-15(25-13-7-5-6-11(2)8-13)16(26(3,23)24)10-14(12)17(22)21-18(19)20/h5-10H,4H2,1-3H3,(H4,19,20,21,22). The highest BCUT2D eigenvalue weighted by atomic mass is 32.2. The van der Waals surface area contributed by atoms with E-state index in [-0.39, 0.29) is 16.2 Å². The van der Waals surface area contributed by atoms with Gasteiger partial charge >= 0.3 is 0 Å². The fourth-order valence-electron chi connectivity index (χ4n) is 2.45. The van der Waals surface area contributed by atoms with E-state index in [9.17, 15) is 13.2 Å². The van der Waals surface area contributed by atoms with Crippen LogP contribution in [0.15, 0.2) is 46.3 Å². The lowest BCUT2D eigenvalue weighted by Gasteiger charge is -2.14. The predicted molar refractivity (Wildman–Crippen MR) is 100 cm³/mol. The van der Waals surface area contributed by atoms with Crippen LogP contribution in [0, 0.1) is 6.92 Å². The Morgan fingerprint density at radius 1 is 1.19 bits per heavy atom. The van der Waals surface area contributed by atoms with E-state index in [0.717, 1.165) is 11.8 Å². The van der Waals surface area contributed by atoms with E-state index in [2.05, 4.69) is 4.99 Å². The number of carbonyl (C=O) groups is 1. The first kappa shape index (κ1) is 19.5. The van der Waals surface area contributed by atoms with E-state index in [1.165, 1.54) is 12.1 Å². The molecule has 0 radical (unpaired) electrons. The summed E-state index contributed by atoms with van der Waals surface area (Å²) >= 11 is 0. The van der Waals surface area contributed by atoms with Crippen LogP contribution in [0.4, 0.5) is 0 Å². The molecule has 0 spiro atoms. The van der Waals surface area contributed by atoms with Gasteiger partial charge in [0.05, 0.1) is 0 Å². The van der Waals surface area contributed by atoms with Crippen LogP contribution in [0.5, 0.6) is 11.5 Å². The lowest BCUT2D eigenvalue weighted by atomic mass is 10.0. The number of aliphatic imine (C=N–C) groups is 1. The van der Waals surface area contributed by atoms with Gasteiger partial charge in [-0.05, 0) is 48.7 Å². The van der Waals surface area contributed by atoms with Gasteiger partial charge in [-0.25, -0.2) is 8.42 Å². The minimum Gasteiger partial charge on any atom is -0.456 e. The van der Waals surface area contributed by atoms with Gasteiger partial charge in [-0.3, -0.25) is 4.79 Å². The molecular weight excluding hydrogens is 354 g/mol. The zero-order chi connectivity index (χ0) is 19.5. The van der Waals surface area contributed by atoms with Crippen LogP contribution in [0.2, 0.25) is 0 Å². The van der Waals surface area contributed by atoms with E-state index in [1.807, 2.05) is 26.0 Å². The molecule has 0 saturated heterocycles. The molecule has 0 bridgehead atoms. The van der Waals surface area contributed by atoms with Gasteiger partial charge in [0.25, 0.3) is 5.91 Å². The first-order valence-corrected chi connectivity index (χ1v) is 9.76. The van der Waals surface area contributed by atoms with E-state index in [0.29, 0.717) is 17.7 Å². The number of nitrogens with two attached hydrogens (primary N) is 2. The molecule has 0 aliphatic rings. The van der Waals surface area contributed by atoms with E-state index >= 15 is 0 Å². The Hall–Kier alpha value is -2.87. The molecule has 26 heavy (non-hydrogen) atoms. The van der Waals surface area contributed by atoms with Crippen molar-refractivity contribution in [1.29, 1.82) is 0 Å². The maximum atomic E-state index is 12.2. The van der Waals surface area contributed by atoms with Gasteiger partial charge in [0.2, 0.25) is 0 Å². The molecule has 7 nitrogen and oxygen atoms in total. The van der Waals surface area contributed by atoms with Crippen LogP contribution in [-0.4, -0.2) is 26.5 Å². The van der Waals surface area contributed by atoms with Gasteiger partial charge in [0, 0.05) is 11.8 Å². The quantitative estimate of drug-likeness (QED) is 0.609. The molecule has 0 aromatic heterocycles. The maximum absolute atomic E-state index is 12.2. The fraction of sp³-hybridized carbons (Fsp3) is 0.222. The normalized spacial score (nSPS) is 11.0. The molecule has 138 valence electrons. The number of benzene rings is 2. The molecule has 1 amide bonds. The Balaban J connectivity index is 2.64. The van der Waals surface area contributed by atoms with Gasteiger partial charge in [-0.2, -0.15) is 4.99 Å². The number of rotatable bonds is 5. The molecule has 4 N–H and O–H groups in total. The summed E-state index contributed by atoms with van der Waals surface area (Å²) in [4.78, 5) is 15.6. The molecule has 8 heteroatoms. The fourth-order valence-corrected chi connectivity index (χ4v) is 3.24. The number of guanidine groups is 1. The van der Waals surface area contributed by atoms with Crippen LogP contribution in [0.25, 0.3) is 0 Å². The minimum absolute atomic E-state index is 0.106. The van der Waals surface area contributed by atoms with Crippen molar-refractivity contribution in [1.82, 2.24) is 0 Å². The summed E-state index contributed by atoms with van der Waals surface area (Å²) in [6.07, 6.45) is 1.52. The van der Waals surface area contributed by atoms with E-state index < -0.39 is 21.7 Å². The lowest BCUT2D eigenvalue weighted by Crippen LogP contribution is -2.24. The number of hydrogen-bond donors (Lipinski definition) is 2. The Bertz CT molecular complexity index is 978. The smallest absolute Gasteiger partial charge is 0.280 e. The SMILES string of the molecule is CCc1cc(Oc2cccc(C)c2)c(S(C)(=O)=O)cc1C(=O)N=C(N)N. The van der Waals surface area contributed by atoms with Crippen molar-refractivity contribution in [2.45, 2.75) is 25.2 Å². The van der Waals surface area contributed by atoms with E-state index in [1.54, 1.807) is 12.1 Å². The largest absolute Gasteiger partial charge is 0.456 e. The van der Waals surface area contributed by atoms with Crippen molar-refractivity contribution in [2.75, 3.05) is 6.26 Å². The Kier molecular flexibility index (Phi) is 5.66. The summed E-state index contributed by atoms with van der Waals surface area (Å²) in [5.41, 5.74) is 12.2. The third-order valence-electron chi connectivity index (χ3n) is 3.63.